The fourth-order valence-electron chi connectivity index (χ4n) is 3.67. The number of ether oxygens (including phenoxy) is 1. The summed E-state index contributed by atoms with van der Waals surface area (Å²) in [4.78, 5) is 35.2. The smallest absolute Gasteiger partial charge is 0.253 e. The lowest BCUT2D eigenvalue weighted by Crippen LogP contribution is -2.46. The van der Waals surface area contributed by atoms with Gasteiger partial charge in [-0.15, -0.1) is 0 Å². The van der Waals surface area contributed by atoms with Crippen LogP contribution < -0.4 is 10.1 Å². The van der Waals surface area contributed by atoms with Crippen LogP contribution in [0.5, 0.6) is 5.75 Å². The molecule has 1 aromatic heterocycles. The number of amides is 2. The van der Waals surface area contributed by atoms with E-state index < -0.39 is 0 Å². The van der Waals surface area contributed by atoms with E-state index in [1.54, 1.807) is 43.8 Å². The highest BCUT2D eigenvalue weighted by atomic mass is 16.5. The van der Waals surface area contributed by atoms with Crippen molar-refractivity contribution >= 4 is 11.8 Å². The number of piperidine rings is 1. The SMILES string of the molecule is COc1ccc(C(=O)NC2CCN(C(=O)c3ccc(-c4cncnc4)cc3)CC2)cc1. The molecule has 0 unspecified atom stereocenters. The average Bonchev–Trinajstić information content (AvgIpc) is 2.85. The largest absolute Gasteiger partial charge is 0.497 e. The number of likely N-dealkylation sites (tertiary alicyclic amines) is 1. The first kappa shape index (κ1) is 20.5. The highest BCUT2D eigenvalue weighted by molar-refractivity contribution is 5.95. The second-order valence-electron chi connectivity index (χ2n) is 7.47. The molecule has 3 aromatic rings. The topological polar surface area (TPSA) is 84.4 Å². The Labute approximate surface area is 181 Å². The predicted molar refractivity (Wildman–Crippen MR) is 117 cm³/mol. The molecule has 0 atom stereocenters. The lowest BCUT2D eigenvalue weighted by Gasteiger charge is -2.32. The Kier molecular flexibility index (Phi) is 6.21. The molecule has 158 valence electrons. The lowest BCUT2D eigenvalue weighted by molar-refractivity contribution is 0.0698. The predicted octanol–water partition coefficient (Wildman–Crippen LogP) is 3.19. The first-order chi connectivity index (χ1) is 15.1. The van der Waals surface area contributed by atoms with Gasteiger partial charge in [0, 0.05) is 48.2 Å². The van der Waals surface area contributed by atoms with Crippen LogP contribution in [0.15, 0.2) is 67.3 Å². The summed E-state index contributed by atoms with van der Waals surface area (Å²) in [6.45, 7) is 1.22. The molecule has 7 heteroatoms. The molecule has 2 aromatic carbocycles. The average molecular weight is 416 g/mol. The number of nitrogens with one attached hydrogen (secondary N) is 1. The number of carbonyl (C=O) groups excluding carboxylic acids is 2. The van der Waals surface area contributed by atoms with E-state index in [1.807, 2.05) is 29.2 Å². The Bertz CT molecular complexity index is 1030. The van der Waals surface area contributed by atoms with E-state index in [1.165, 1.54) is 6.33 Å². The summed E-state index contributed by atoms with van der Waals surface area (Å²) >= 11 is 0. The molecule has 1 saturated heterocycles. The van der Waals surface area contributed by atoms with Gasteiger partial charge in [-0.2, -0.15) is 0 Å². The van der Waals surface area contributed by atoms with E-state index >= 15 is 0 Å². The summed E-state index contributed by atoms with van der Waals surface area (Å²) in [6, 6.07) is 14.6. The van der Waals surface area contributed by atoms with Gasteiger partial charge in [0.1, 0.15) is 12.1 Å². The van der Waals surface area contributed by atoms with Gasteiger partial charge in [-0.05, 0) is 54.8 Å². The minimum atomic E-state index is -0.104. The Morgan fingerprint density at radius 2 is 1.52 bits per heavy atom. The molecule has 0 bridgehead atoms. The summed E-state index contributed by atoms with van der Waals surface area (Å²) in [7, 11) is 1.59. The quantitative estimate of drug-likeness (QED) is 0.691. The molecular formula is C24H24N4O3. The van der Waals surface area contributed by atoms with Gasteiger partial charge in [0.15, 0.2) is 0 Å². The molecule has 0 spiro atoms. The summed E-state index contributed by atoms with van der Waals surface area (Å²) in [5.74, 6) is 0.622. The fourth-order valence-corrected chi connectivity index (χ4v) is 3.67. The van der Waals surface area contributed by atoms with Crippen molar-refractivity contribution in [2.24, 2.45) is 0 Å². The monoisotopic (exact) mass is 416 g/mol. The van der Waals surface area contributed by atoms with Gasteiger partial charge in [-0.3, -0.25) is 9.59 Å². The molecular weight excluding hydrogens is 392 g/mol. The van der Waals surface area contributed by atoms with Crippen LogP contribution in [0.2, 0.25) is 0 Å². The number of benzene rings is 2. The van der Waals surface area contributed by atoms with Crippen LogP contribution in [-0.2, 0) is 0 Å². The standard InChI is InChI=1S/C24H24N4O3/c1-31-22-8-6-18(7-9-22)23(29)27-21-10-12-28(13-11-21)24(30)19-4-2-17(3-5-19)20-14-25-16-26-15-20/h2-9,14-16,21H,10-13H2,1H3,(H,27,29). The van der Waals surface area contributed by atoms with Crippen LogP contribution in [0.1, 0.15) is 33.6 Å². The molecule has 1 N–H and O–H groups in total. The third kappa shape index (κ3) is 4.88. The van der Waals surface area contributed by atoms with E-state index in [2.05, 4.69) is 15.3 Å². The van der Waals surface area contributed by atoms with Crippen LogP contribution in [0.25, 0.3) is 11.1 Å². The summed E-state index contributed by atoms with van der Waals surface area (Å²) in [5.41, 5.74) is 3.14. The molecule has 7 nitrogen and oxygen atoms in total. The third-order valence-corrected chi connectivity index (χ3v) is 5.50. The van der Waals surface area contributed by atoms with Crippen LogP contribution in [0.3, 0.4) is 0 Å². The van der Waals surface area contributed by atoms with E-state index in [0.717, 1.165) is 24.0 Å². The second kappa shape index (κ2) is 9.38. The van der Waals surface area contributed by atoms with Gasteiger partial charge in [0.05, 0.1) is 7.11 Å². The number of methoxy groups -OCH3 is 1. The van der Waals surface area contributed by atoms with Crippen LogP contribution in [-0.4, -0.2) is 52.9 Å². The van der Waals surface area contributed by atoms with Gasteiger partial charge in [0.2, 0.25) is 0 Å². The second-order valence-corrected chi connectivity index (χ2v) is 7.47. The number of hydrogen-bond acceptors (Lipinski definition) is 5. The Balaban J connectivity index is 1.31. The highest BCUT2D eigenvalue weighted by Crippen LogP contribution is 2.20. The fraction of sp³-hybridized carbons (Fsp3) is 0.250. The zero-order chi connectivity index (χ0) is 21.6. The molecule has 1 aliphatic heterocycles. The number of aromatic nitrogens is 2. The minimum absolute atomic E-state index is 0.00999. The molecule has 0 aliphatic carbocycles. The van der Waals surface area contributed by atoms with Gasteiger partial charge in [-0.25, -0.2) is 9.97 Å². The van der Waals surface area contributed by atoms with E-state index in [0.29, 0.717) is 30.0 Å². The summed E-state index contributed by atoms with van der Waals surface area (Å²) in [5, 5.41) is 3.07. The maximum absolute atomic E-state index is 12.9. The van der Waals surface area contributed by atoms with E-state index in [4.69, 9.17) is 4.74 Å². The van der Waals surface area contributed by atoms with Crippen LogP contribution in [0, 0.1) is 0 Å². The molecule has 0 saturated carbocycles. The van der Waals surface area contributed by atoms with Crippen molar-refractivity contribution in [3.63, 3.8) is 0 Å². The molecule has 1 aliphatic rings. The summed E-state index contributed by atoms with van der Waals surface area (Å²) < 4.78 is 5.12. The van der Waals surface area contributed by atoms with Crippen LogP contribution in [0.4, 0.5) is 0 Å². The lowest BCUT2D eigenvalue weighted by atomic mass is 10.0. The zero-order valence-electron chi connectivity index (χ0n) is 17.3. The minimum Gasteiger partial charge on any atom is -0.497 e. The Hall–Kier alpha value is -3.74. The number of nitrogens with zero attached hydrogens (tertiary/aromatic N) is 3. The molecule has 2 heterocycles. The van der Waals surface area contributed by atoms with Crippen molar-refractivity contribution in [1.29, 1.82) is 0 Å². The van der Waals surface area contributed by atoms with Crippen LogP contribution >= 0.6 is 0 Å². The third-order valence-electron chi connectivity index (χ3n) is 5.50. The Morgan fingerprint density at radius 1 is 0.903 bits per heavy atom. The van der Waals surface area contributed by atoms with Gasteiger partial charge >= 0.3 is 0 Å². The number of carbonyl (C=O) groups is 2. The van der Waals surface area contributed by atoms with Crippen molar-refractivity contribution in [1.82, 2.24) is 20.2 Å². The van der Waals surface area contributed by atoms with E-state index in [-0.39, 0.29) is 17.9 Å². The molecule has 4 rings (SSSR count). The first-order valence-corrected chi connectivity index (χ1v) is 10.2. The zero-order valence-corrected chi connectivity index (χ0v) is 17.3. The molecule has 2 amide bonds. The normalized spacial score (nSPS) is 14.2. The van der Waals surface area contributed by atoms with Crippen molar-refractivity contribution < 1.29 is 14.3 Å². The number of hydrogen-bond donors (Lipinski definition) is 1. The maximum atomic E-state index is 12.9. The molecule has 1 fully saturated rings. The van der Waals surface area contributed by atoms with E-state index in [9.17, 15) is 9.59 Å². The van der Waals surface area contributed by atoms with Gasteiger partial charge in [0.25, 0.3) is 11.8 Å². The van der Waals surface area contributed by atoms with Crippen molar-refractivity contribution in [2.45, 2.75) is 18.9 Å². The highest BCUT2D eigenvalue weighted by Gasteiger charge is 2.25. The van der Waals surface area contributed by atoms with Gasteiger partial charge in [-0.1, -0.05) is 12.1 Å². The summed E-state index contributed by atoms with van der Waals surface area (Å²) in [6.07, 6.45) is 6.44. The van der Waals surface area contributed by atoms with Gasteiger partial charge < -0.3 is 15.0 Å². The maximum Gasteiger partial charge on any atom is 0.253 e. The molecule has 31 heavy (non-hydrogen) atoms. The van der Waals surface area contributed by atoms with Crippen molar-refractivity contribution in [3.05, 3.63) is 78.4 Å². The molecule has 0 radical (unpaired) electrons. The first-order valence-electron chi connectivity index (χ1n) is 10.2. The Morgan fingerprint density at radius 3 is 2.13 bits per heavy atom. The number of rotatable bonds is 5. The van der Waals surface area contributed by atoms with Crippen molar-refractivity contribution in [3.8, 4) is 16.9 Å². The van der Waals surface area contributed by atoms with Crippen molar-refractivity contribution in [2.75, 3.05) is 20.2 Å².